The summed E-state index contributed by atoms with van der Waals surface area (Å²) in [6, 6.07) is 11.3. The minimum Gasteiger partial charge on any atom is -0.338 e. The lowest BCUT2D eigenvalue weighted by Gasteiger charge is -2.04. The van der Waals surface area contributed by atoms with Gasteiger partial charge in [-0.1, -0.05) is 28.9 Å². The van der Waals surface area contributed by atoms with Crippen molar-refractivity contribution in [3.05, 3.63) is 65.3 Å². The maximum atomic E-state index is 12.9. The fraction of sp³-hybridized carbons (Fsp3) is 0.0667. The quantitative estimate of drug-likeness (QED) is 0.749. The van der Waals surface area contributed by atoms with Crippen LogP contribution in [0.4, 0.5) is 4.39 Å². The van der Waals surface area contributed by atoms with E-state index in [4.69, 9.17) is 16.1 Å². The topological polar surface area (TPSA) is 85.1 Å². The van der Waals surface area contributed by atoms with E-state index < -0.39 is 15.8 Å². The minimum absolute atomic E-state index is 0.0570. The van der Waals surface area contributed by atoms with Crippen molar-refractivity contribution in [3.63, 3.8) is 0 Å². The first kappa shape index (κ1) is 16.6. The number of benzene rings is 2. The van der Waals surface area contributed by atoms with Crippen LogP contribution in [0, 0.1) is 5.82 Å². The highest BCUT2D eigenvalue weighted by molar-refractivity contribution is 7.89. The van der Waals surface area contributed by atoms with Crippen molar-refractivity contribution >= 4 is 21.6 Å². The molecule has 3 aromatic rings. The summed E-state index contributed by atoms with van der Waals surface area (Å²) in [6.45, 7) is -0.187. The first-order valence-corrected chi connectivity index (χ1v) is 8.64. The molecule has 9 heteroatoms. The van der Waals surface area contributed by atoms with Crippen molar-refractivity contribution in [2.24, 2.45) is 0 Å². The van der Waals surface area contributed by atoms with Gasteiger partial charge in [0.25, 0.3) is 0 Å². The van der Waals surface area contributed by atoms with E-state index in [1.165, 1.54) is 12.1 Å². The minimum atomic E-state index is -3.80. The molecule has 124 valence electrons. The highest BCUT2D eigenvalue weighted by Gasteiger charge is 2.16. The van der Waals surface area contributed by atoms with E-state index >= 15 is 0 Å². The predicted molar refractivity (Wildman–Crippen MR) is 85.2 cm³/mol. The lowest BCUT2D eigenvalue weighted by Crippen LogP contribution is -2.23. The number of nitrogens with zero attached hydrogens (tertiary/aromatic N) is 2. The van der Waals surface area contributed by atoms with Crippen molar-refractivity contribution in [1.29, 1.82) is 0 Å². The summed E-state index contributed by atoms with van der Waals surface area (Å²) in [5, 5.41) is 4.31. The average Bonchev–Trinajstić information content (AvgIpc) is 3.03. The Morgan fingerprint density at radius 1 is 1.17 bits per heavy atom. The monoisotopic (exact) mass is 367 g/mol. The molecular formula is C15H11ClFN3O3S. The molecule has 0 aliphatic rings. The fourth-order valence-electron chi connectivity index (χ4n) is 1.93. The van der Waals surface area contributed by atoms with Crippen molar-refractivity contribution in [2.75, 3.05) is 0 Å². The molecule has 3 rings (SSSR count). The largest absolute Gasteiger partial charge is 0.338 e. The van der Waals surface area contributed by atoms with E-state index in [0.717, 1.165) is 12.1 Å². The molecule has 0 radical (unpaired) electrons. The number of hydrogen-bond donors (Lipinski definition) is 1. The van der Waals surface area contributed by atoms with Gasteiger partial charge in [-0.15, -0.1) is 0 Å². The third kappa shape index (κ3) is 3.78. The molecule has 24 heavy (non-hydrogen) atoms. The summed E-state index contributed by atoms with van der Waals surface area (Å²) in [6.07, 6.45) is 0. The van der Waals surface area contributed by atoms with Crippen molar-refractivity contribution < 1.29 is 17.3 Å². The Kier molecular flexibility index (Phi) is 4.61. The van der Waals surface area contributed by atoms with E-state index in [9.17, 15) is 12.8 Å². The molecule has 0 amide bonds. The standard InChI is InChI=1S/C15H11ClFN3O3S/c16-11-3-1-2-10(8-11)15-19-14(23-20-15)9-18-24(21,22)13-6-4-12(17)5-7-13/h1-8,18H,9H2. The Morgan fingerprint density at radius 3 is 2.62 bits per heavy atom. The normalized spacial score (nSPS) is 11.6. The van der Waals surface area contributed by atoms with Crippen LogP contribution in [0.5, 0.6) is 0 Å². The summed E-state index contributed by atoms with van der Waals surface area (Å²) in [4.78, 5) is 4.05. The maximum Gasteiger partial charge on any atom is 0.242 e. The van der Waals surface area contributed by atoms with Gasteiger partial charge in [0.15, 0.2) is 0 Å². The van der Waals surface area contributed by atoms with Crippen LogP contribution in [0.2, 0.25) is 5.02 Å². The summed E-state index contributed by atoms with van der Waals surface area (Å²) in [5.74, 6) is -0.124. The molecule has 0 spiro atoms. The Labute approximate surface area is 142 Å². The summed E-state index contributed by atoms with van der Waals surface area (Å²) in [5.41, 5.74) is 0.652. The smallest absolute Gasteiger partial charge is 0.242 e. The van der Waals surface area contributed by atoms with Gasteiger partial charge in [0.2, 0.25) is 21.7 Å². The van der Waals surface area contributed by atoms with E-state index in [1.54, 1.807) is 24.3 Å². The fourth-order valence-corrected chi connectivity index (χ4v) is 3.09. The van der Waals surface area contributed by atoms with Crippen LogP contribution in [-0.4, -0.2) is 18.6 Å². The molecule has 0 saturated carbocycles. The second-order valence-corrected chi connectivity index (χ2v) is 7.00. The summed E-state index contributed by atoms with van der Waals surface area (Å²) in [7, 11) is -3.80. The highest BCUT2D eigenvalue weighted by Crippen LogP contribution is 2.20. The molecular weight excluding hydrogens is 357 g/mol. The van der Waals surface area contributed by atoms with Gasteiger partial charge in [-0.3, -0.25) is 0 Å². The molecule has 0 saturated heterocycles. The van der Waals surface area contributed by atoms with Crippen molar-refractivity contribution in [3.8, 4) is 11.4 Å². The van der Waals surface area contributed by atoms with Crippen LogP contribution >= 0.6 is 11.6 Å². The first-order chi connectivity index (χ1) is 11.4. The number of nitrogens with one attached hydrogen (secondary N) is 1. The van der Waals surface area contributed by atoms with Gasteiger partial charge in [-0.05, 0) is 36.4 Å². The number of halogens is 2. The molecule has 1 aromatic heterocycles. The van der Waals surface area contributed by atoms with Crippen LogP contribution in [-0.2, 0) is 16.6 Å². The van der Waals surface area contributed by atoms with Crippen LogP contribution in [0.25, 0.3) is 11.4 Å². The molecule has 1 N–H and O–H groups in total. The molecule has 0 fully saturated rings. The van der Waals surface area contributed by atoms with E-state index in [-0.39, 0.29) is 17.3 Å². The van der Waals surface area contributed by atoms with Gasteiger partial charge >= 0.3 is 0 Å². The van der Waals surface area contributed by atoms with Crippen LogP contribution in [0.1, 0.15) is 5.89 Å². The number of aromatic nitrogens is 2. The zero-order valence-corrected chi connectivity index (χ0v) is 13.7. The zero-order valence-electron chi connectivity index (χ0n) is 12.1. The zero-order chi connectivity index (χ0) is 17.2. The van der Waals surface area contributed by atoms with E-state index in [0.29, 0.717) is 16.4 Å². The Balaban J connectivity index is 1.72. The molecule has 0 bridgehead atoms. The van der Waals surface area contributed by atoms with Crippen molar-refractivity contribution in [1.82, 2.24) is 14.9 Å². The van der Waals surface area contributed by atoms with Gasteiger partial charge in [0.1, 0.15) is 5.82 Å². The Hall–Kier alpha value is -2.29. The van der Waals surface area contributed by atoms with Gasteiger partial charge < -0.3 is 4.52 Å². The van der Waals surface area contributed by atoms with Gasteiger partial charge in [0.05, 0.1) is 11.4 Å². The number of rotatable bonds is 5. The third-order valence-electron chi connectivity index (χ3n) is 3.09. The van der Waals surface area contributed by atoms with Crippen LogP contribution < -0.4 is 4.72 Å². The number of sulfonamides is 1. The van der Waals surface area contributed by atoms with Gasteiger partial charge in [-0.25, -0.2) is 17.5 Å². The first-order valence-electron chi connectivity index (χ1n) is 6.78. The van der Waals surface area contributed by atoms with Crippen LogP contribution in [0.3, 0.4) is 0 Å². The SMILES string of the molecule is O=S(=O)(NCc1nc(-c2cccc(Cl)c2)no1)c1ccc(F)cc1. The maximum absolute atomic E-state index is 12.9. The Bertz CT molecular complexity index is 958. The summed E-state index contributed by atoms with van der Waals surface area (Å²) >= 11 is 5.90. The van der Waals surface area contributed by atoms with Gasteiger partial charge in [-0.2, -0.15) is 4.98 Å². The van der Waals surface area contributed by atoms with E-state index in [1.807, 2.05) is 0 Å². The van der Waals surface area contributed by atoms with Crippen molar-refractivity contribution in [2.45, 2.75) is 11.4 Å². The molecule has 1 heterocycles. The van der Waals surface area contributed by atoms with Crippen LogP contribution in [0.15, 0.2) is 57.9 Å². The third-order valence-corrected chi connectivity index (χ3v) is 4.74. The molecule has 0 unspecified atom stereocenters. The number of hydrogen-bond acceptors (Lipinski definition) is 5. The molecule has 0 aliphatic heterocycles. The summed E-state index contributed by atoms with van der Waals surface area (Å²) < 4.78 is 44.4. The second kappa shape index (κ2) is 6.68. The Morgan fingerprint density at radius 2 is 1.92 bits per heavy atom. The highest BCUT2D eigenvalue weighted by atomic mass is 35.5. The predicted octanol–water partition coefficient (Wildman–Crippen LogP) is 3.01. The molecule has 6 nitrogen and oxygen atoms in total. The molecule has 0 atom stereocenters. The lowest BCUT2D eigenvalue weighted by molar-refractivity contribution is 0.376. The second-order valence-electron chi connectivity index (χ2n) is 4.80. The average molecular weight is 368 g/mol. The molecule has 0 aliphatic carbocycles. The van der Waals surface area contributed by atoms with E-state index in [2.05, 4.69) is 14.9 Å². The molecule has 2 aromatic carbocycles. The van der Waals surface area contributed by atoms with Gasteiger partial charge in [0, 0.05) is 10.6 Å². The lowest BCUT2D eigenvalue weighted by atomic mass is 10.2.